The summed E-state index contributed by atoms with van der Waals surface area (Å²) in [6.45, 7) is 10.5. The lowest BCUT2D eigenvalue weighted by atomic mass is 10.2. The molecule has 0 N–H and O–H groups in total. The average molecular weight is 208 g/mol. The molecule has 0 unspecified atom stereocenters. The number of morpholine rings is 1. The van der Waals surface area contributed by atoms with Crippen LogP contribution in [0.1, 0.15) is 25.2 Å². The zero-order valence-corrected chi connectivity index (χ0v) is 10.0. The minimum atomic E-state index is 0.315. The number of hydrogen-bond donors (Lipinski definition) is 0. The maximum Gasteiger partial charge on any atom is 0.0742 e. The zero-order valence-electron chi connectivity index (χ0n) is 10.0. The molecule has 84 valence electrons. The van der Waals surface area contributed by atoms with E-state index in [1.165, 1.54) is 11.4 Å². The molecule has 0 bridgehead atoms. The van der Waals surface area contributed by atoms with Crippen molar-refractivity contribution >= 4 is 0 Å². The highest BCUT2D eigenvalue weighted by molar-refractivity contribution is 5.17. The van der Waals surface area contributed by atoms with Crippen LogP contribution in [0.2, 0.25) is 0 Å². The summed E-state index contributed by atoms with van der Waals surface area (Å²) >= 11 is 0. The molecule has 1 saturated heterocycles. The third kappa shape index (κ3) is 2.02. The first kappa shape index (κ1) is 10.6. The van der Waals surface area contributed by atoms with Gasteiger partial charge in [-0.15, -0.1) is 0 Å². The van der Waals surface area contributed by atoms with Gasteiger partial charge in [0.2, 0.25) is 0 Å². The number of hydrogen-bond acceptors (Lipinski definition) is 2. The van der Waals surface area contributed by atoms with Crippen LogP contribution in [0.15, 0.2) is 12.1 Å². The van der Waals surface area contributed by atoms with Gasteiger partial charge in [0.25, 0.3) is 0 Å². The molecular weight excluding hydrogens is 188 g/mol. The predicted octanol–water partition coefficient (Wildman–Crippen LogP) is 1.85. The van der Waals surface area contributed by atoms with Crippen LogP contribution in [0.3, 0.4) is 0 Å². The normalized spacial score (nSPS) is 27.1. The lowest BCUT2D eigenvalue weighted by Crippen LogP contribution is -2.51. The van der Waals surface area contributed by atoms with E-state index in [0.29, 0.717) is 12.2 Å². The Morgan fingerprint density at radius 2 is 1.53 bits per heavy atom. The molecule has 0 saturated carbocycles. The molecule has 1 aromatic heterocycles. The Hall–Kier alpha value is -0.960. The third-order valence-corrected chi connectivity index (χ3v) is 2.92. The van der Waals surface area contributed by atoms with Gasteiger partial charge in [-0.2, -0.15) is 0 Å². The van der Waals surface area contributed by atoms with E-state index in [1.807, 2.05) is 0 Å². The SMILES string of the molecule is Cc1ccc(C)n1N1C[C@H](C)O[C@@H](C)C1. The van der Waals surface area contributed by atoms with Gasteiger partial charge in [-0.3, -0.25) is 4.68 Å². The van der Waals surface area contributed by atoms with Crippen molar-refractivity contribution < 1.29 is 4.74 Å². The average Bonchev–Trinajstić information content (AvgIpc) is 2.44. The van der Waals surface area contributed by atoms with Crippen molar-refractivity contribution in [1.29, 1.82) is 0 Å². The molecule has 2 atom stereocenters. The van der Waals surface area contributed by atoms with Crippen molar-refractivity contribution in [3.63, 3.8) is 0 Å². The van der Waals surface area contributed by atoms with Gasteiger partial charge in [0.1, 0.15) is 0 Å². The summed E-state index contributed by atoms with van der Waals surface area (Å²) in [6.07, 6.45) is 0.630. The van der Waals surface area contributed by atoms with Gasteiger partial charge in [-0.25, -0.2) is 0 Å². The maximum absolute atomic E-state index is 5.74. The number of aryl methyl sites for hydroxylation is 2. The zero-order chi connectivity index (χ0) is 11.0. The second-order valence-electron chi connectivity index (χ2n) is 4.56. The molecular formula is C12H20N2O. The molecule has 1 aromatic rings. The highest BCUT2D eigenvalue weighted by Crippen LogP contribution is 2.14. The van der Waals surface area contributed by atoms with E-state index in [-0.39, 0.29) is 0 Å². The first-order chi connectivity index (χ1) is 7.08. The topological polar surface area (TPSA) is 17.4 Å². The molecule has 0 amide bonds. The van der Waals surface area contributed by atoms with Crippen LogP contribution in [-0.2, 0) is 4.74 Å². The Kier molecular flexibility index (Phi) is 2.74. The van der Waals surface area contributed by atoms with Crippen molar-refractivity contribution in [1.82, 2.24) is 4.68 Å². The summed E-state index contributed by atoms with van der Waals surface area (Å²) in [7, 11) is 0. The van der Waals surface area contributed by atoms with Gasteiger partial charge in [-0.1, -0.05) is 0 Å². The quantitative estimate of drug-likeness (QED) is 0.701. The standard InChI is InChI=1S/C12H20N2O/c1-9-5-6-10(2)14(9)13-7-11(3)15-12(4)8-13/h5-6,11-12H,7-8H2,1-4H3/t11-,12-/m0/s1. The maximum atomic E-state index is 5.74. The Bertz CT molecular complexity index is 316. The Labute approximate surface area is 91.6 Å². The monoisotopic (exact) mass is 208 g/mol. The Morgan fingerprint density at radius 1 is 1.07 bits per heavy atom. The lowest BCUT2D eigenvalue weighted by molar-refractivity contribution is -0.0136. The predicted molar refractivity (Wildman–Crippen MR) is 61.9 cm³/mol. The van der Waals surface area contributed by atoms with E-state index in [1.54, 1.807) is 0 Å². The summed E-state index contributed by atoms with van der Waals surface area (Å²) in [4.78, 5) is 0. The van der Waals surface area contributed by atoms with Crippen molar-refractivity contribution in [3.05, 3.63) is 23.5 Å². The summed E-state index contributed by atoms with van der Waals surface area (Å²) in [5, 5.41) is 2.38. The van der Waals surface area contributed by atoms with Gasteiger partial charge in [0.15, 0.2) is 0 Å². The van der Waals surface area contributed by atoms with Crippen LogP contribution in [0.5, 0.6) is 0 Å². The van der Waals surface area contributed by atoms with Crippen molar-refractivity contribution in [2.75, 3.05) is 18.1 Å². The lowest BCUT2D eigenvalue weighted by Gasteiger charge is -2.38. The van der Waals surface area contributed by atoms with E-state index < -0.39 is 0 Å². The van der Waals surface area contributed by atoms with E-state index in [2.05, 4.69) is 49.5 Å². The van der Waals surface area contributed by atoms with Crippen LogP contribution in [0.4, 0.5) is 0 Å². The van der Waals surface area contributed by atoms with Gasteiger partial charge in [0, 0.05) is 11.4 Å². The fraction of sp³-hybridized carbons (Fsp3) is 0.667. The first-order valence-electron chi connectivity index (χ1n) is 5.63. The molecule has 0 aliphatic carbocycles. The number of aromatic nitrogens is 1. The second kappa shape index (κ2) is 3.89. The molecule has 1 aliphatic heterocycles. The van der Waals surface area contributed by atoms with Crippen molar-refractivity contribution in [2.45, 2.75) is 39.9 Å². The fourth-order valence-electron chi connectivity index (χ4n) is 2.42. The molecule has 15 heavy (non-hydrogen) atoms. The molecule has 0 radical (unpaired) electrons. The third-order valence-electron chi connectivity index (χ3n) is 2.92. The molecule has 3 heteroatoms. The second-order valence-corrected chi connectivity index (χ2v) is 4.56. The van der Waals surface area contributed by atoms with Crippen LogP contribution < -0.4 is 5.01 Å². The minimum absolute atomic E-state index is 0.315. The highest BCUT2D eigenvalue weighted by Gasteiger charge is 2.23. The van der Waals surface area contributed by atoms with Crippen LogP contribution >= 0.6 is 0 Å². The van der Waals surface area contributed by atoms with Crippen LogP contribution in [0.25, 0.3) is 0 Å². The van der Waals surface area contributed by atoms with E-state index >= 15 is 0 Å². The number of rotatable bonds is 1. The summed E-state index contributed by atoms with van der Waals surface area (Å²) in [6, 6.07) is 4.33. The summed E-state index contributed by atoms with van der Waals surface area (Å²) in [5.41, 5.74) is 2.60. The van der Waals surface area contributed by atoms with E-state index in [9.17, 15) is 0 Å². The van der Waals surface area contributed by atoms with Gasteiger partial charge in [-0.05, 0) is 39.8 Å². The molecule has 1 fully saturated rings. The summed E-state index contributed by atoms with van der Waals surface area (Å²) < 4.78 is 8.04. The smallest absolute Gasteiger partial charge is 0.0742 e. The molecule has 2 heterocycles. The Morgan fingerprint density at radius 3 is 2.00 bits per heavy atom. The largest absolute Gasteiger partial charge is 0.372 e. The van der Waals surface area contributed by atoms with Gasteiger partial charge < -0.3 is 9.75 Å². The minimum Gasteiger partial charge on any atom is -0.372 e. The Balaban J connectivity index is 2.23. The molecule has 0 spiro atoms. The molecule has 2 rings (SSSR count). The van der Waals surface area contributed by atoms with Gasteiger partial charge >= 0.3 is 0 Å². The molecule has 0 aromatic carbocycles. The van der Waals surface area contributed by atoms with Crippen LogP contribution in [-0.4, -0.2) is 30.0 Å². The van der Waals surface area contributed by atoms with E-state index in [0.717, 1.165) is 13.1 Å². The molecule has 3 nitrogen and oxygen atoms in total. The first-order valence-corrected chi connectivity index (χ1v) is 5.63. The van der Waals surface area contributed by atoms with Gasteiger partial charge in [0.05, 0.1) is 25.3 Å². The van der Waals surface area contributed by atoms with Crippen molar-refractivity contribution in [2.24, 2.45) is 0 Å². The number of ether oxygens (including phenoxy) is 1. The highest BCUT2D eigenvalue weighted by atomic mass is 16.5. The fourth-order valence-corrected chi connectivity index (χ4v) is 2.42. The molecule has 1 aliphatic rings. The summed E-state index contributed by atoms with van der Waals surface area (Å²) in [5.74, 6) is 0. The van der Waals surface area contributed by atoms with E-state index in [4.69, 9.17) is 4.74 Å². The van der Waals surface area contributed by atoms with Crippen molar-refractivity contribution in [3.8, 4) is 0 Å². The van der Waals surface area contributed by atoms with Crippen LogP contribution in [0, 0.1) is 13.8 Å². The number of nitrogens with zero attached hydrogens (tertiary/aromatic N) is 2.